The van der Waals surface area contributed by atoms with Crippen LogP contribution in [0.1, 0.15) is 24.3 Å². The van der Waals surface area contributed by atoms with E-state index in [9.17, 15) is 14.9 Å². The molecule has 30 heavy (non-hydrogen) atoms. The number of likely N-dealkylation sites (N-methyl/N-ethyl adjacent to an activating group) is 1. The smallest absolute Gasteiger partial charge is 0.302 e. The Bertz CT molecular complexity index is 1070. The largest absolute Gasteiger partial charge is 0.324 e. The summed E-state index contributed by atoms with van der Waals surface area (Å²) >= 11 is 2.54. The zero-order valence-corrected chi connectivity index (χ0v) is 18.8. The Hall–Kier alpha value is -2.62. The summed E-state index contributed by atoms with van der Waals surface area (Å²) in [5.74, 6) is -0.185. The van der Waals surface area contributed by atoms with Crippen molar-refractivity contribution in [3.63, 3.8) is 0 Å². The zero-order valence-electron chi connectivity index (χ0n) is 17.2. The summed E-state index contributed by atoms with van der Waals surface area (Å²) in [6.07, 6.45) is 3.10. The van der Waals surface area contributed by atoms with Crippen LogP contribution >= 0.6 is 22.7 Å². The van der Waals surface area contributed by atoms with Gasteiger partial charge in [0, 0.05) is 30.1 Å². The van der Waals surface area contributed by atoms with Crippen LogP contribution in [-0.2, 0) is 4.79 Å². The topological polar surface area (TPSA) is 79.6 Å². The summed E-state index contributed by atoms with van der Waals surface area (Å²) in [4.78, 5) is 32.9. The molecule has 0 aliphatic heterocycles. The van der Waals surface area contributed by atoms with Gasteiger partial charge in [0.2, 0.25) is 0 Å². The third-order valence-electron chi connectivity index (χ3n) is 4.82. The van der Waals surface area contributed by atoms with Crippen molar-refractivity contribution in [2.45, 2.75) is 20.8 Å². The number of aryl methyl sites for hydroxylation is 1. The highest BCUT2D eigenvalue weighted by molar-refractivity contribution is 7.22. The molecule has 7 nitrogen and oxygen atoms in total. The van der Waals surface area contributed by atoms with E-state index in [2.05, 4.69) is 18.7 Å². The molecule has 0 aliphatic rings. The molecule has 158 valence electrons. The number of carbonyl (C=O) groups excluding carboxylic acids is 1. The van der Waals surface area contributed by atoms with Gasteiger partial charge in [0.25, 0.3) is 5.91 Å². The molecule has 0 spiro atoms. The van der Waals surface area contributed by atoms with Gasteiger partial charge in [-0.15, -0.1) is 0 Å². The molecule has 2 aromatic heterocycles. The minimum absolute atomic E-state index is 0.0575. The number of amides is 1. The molecule has 2 heterocycles. The number of para-hydroxylation sites is 1. The number of thiazole rings is 1. The first-order valence-corrected chi connectivity index (χ1v) is 11.4. The van der Waals surface area contributed by atoms with E-state index < -0.39 is 4.92 Å². The molecule has 3 rings (SSSR count). The minimum atomic E-state index is -0.427. The summed E-state index contributed by atoms with van der Waals surface area (Å²) in [6, 6.07) is 9.11. The molecule has 3 aromatic rings. The standard InChI is InChI=1S/C21H24N4O3S2/c1-4-23(5-2)13-14-24(21-22-20-15(3)7-6-8-17(20)30-21)18(26)11-9-16-10-12-19(29-16)25(27)28/h6-12H,4-5,13-14H2,1-3H3/b11-9+. The summed E-state index contributed by atoms with van der Waals surface area (Å²) in [5.41, 5.74) is 1.99. The molecule has 0 saturated carbocycles. The molecule has 0 saturated heterocycles. The first-order valence-electron chi connectivity index (χ1n) is 9.75. The molecule has 0 fully saturated rings. The molecule has 0 bridgehead atoms. The fourth-order valence-corrected chi connectivity index (χ4v) is 4.84. The average Bonchev–Trinajstić information content (AvgIpc) is 3.37. The van der Waals surface area contributed by atoms with Gasteiger partial charge < -0.3 is 4.90 Å². The second kappa shape index (κ2) is 9.92. The highest BCUT2D eigenvalue weighted by Gasteiger charge is 2.19. The van der Waals surface area contributed by atoms with Crippen molar-refractivity contribution in [2.75, 3.05) is 31.1 Å². The van der Waals surface area contributed by atoms with E-state index >= 15 is 0 Å². The van der Waals surface area contributed by atoms with Gasteiger partial charge in [0.1, 0.15) is 0 Å². The number of rotatable bonds is 9. The van der Waals surface area contributed by atoms with E-state index in [1.54, 1.807) is 17.0 Å². The van der Waals surface area contributed by atoms with Crippen molar-refractivity contribution in [1.29, 1.82) is 0 Å². The molecular formula is C21H24N4O3S2. The first-order chi connectivity index (χ1) is 14.4. The molecule has 1 amide bonds. The van der Waals surface area contributed by atoms with Crippen LogP contribution in [0.4, 0.5) is 10.1 Å². The average molecular weight is 445 g/mol. The fraction of sp³-hybridized carbons (Fsp3) is 0.333. The van der Waals surface area contributed by atoms with E-state index in [1.165, 1.54) is 23.5 Å². The van der Waals surface area contributed by atoms with Gasteiger partial charge in [-0.3, -0.25) is 19.8 Å². The number of carbonyl (C=O) groups is 1. The highest BCUT2D eigenvalue weighted by Crippen LogP contribution is 2.31. The number of thiophene rings is 1. The van der Waals surface area contributed by atoms with Crippen molar-refractivity contribution in [3.05, 3.63) is 57.0 Å². The second-order valence-corrected chi connectivity index (χ2v) is 8.80. The predicted molar refractivity (Wildman–Crippen MR) is 125 cm³/mol. The number of hydrogen-bond donors (Lipinski definition) is 0. The Morgan fingerprint density at radius 1 is 1.17 bits per heavy atom. The molecule has 0 N–H and O–H groups in total. The summed E-state index contributed by atoms with van der Waals surface area (Å²) in [7, 11) is 0. The van der Waals surface area contributed by atoms with Crippen LogP contribution in [-0.4, -0.2) is 46.9 Å². The van der Waals surface area contributed by atoms with Crippen LogP contribution in [0.5, 0.6) is 0 Å². The molecule has 0 aliphatic carbocycles. The number of anilines is 1. The van der Waals surface area contributed by atoms with E-state index in [-0.39, 0.29) is 10.9 Å². The summed E-state index contributed by atoms with van der Waals surface area (Å²) < 4.78 is 1.04. The molecule has 1 aromatic carbocycles. The minimum Gasteiger partial charge on any atom is -0.302 e. The molecule has 0 radical (unpaired) electrons. The van der Waals surface area contributed by atoms with Crippen molar-refractivity contribution in [2.24, 2.45) is 0 Å². The predicted octanol–water partition coefficient (Wildman–Crippen LogP) is 4.96. The Labute approximate surface area is 183 Å². The molecular weight excluding hydrogens is 420 g/mol. The van der Waals surface area contributed by atoms with Gasteiger partial charge in [0.15, 0.2) is 5.13 Å². The number of nitrogens with zero attached hydrogens (tertiary/aromatic N) is 4. The highest BCUT2D eigenvalue weighted by atomic mass is 32.1. The number of fused-ring (bicyclic) bond motifs is 1. The first kappa shape index (κ1) is 22.1. The van der Waals surface area contributed by atoms with Gasteiger partial charge >= 0.3 is 5.00 Å². The van der Waals surface area contributed by atoms with Crippen LogP contribution < -0.4 is 4.90 Å². The zero-order chi connectivity index (χ0) is 21.7. The quantitative estimate of drug-likeness (QED) is 0.265. The Kier molecular flexibility index (Phi) is 7.30. The number of aromatic nitrogens is 1. The van der Waals surface area contributed by atoms with Gasteiger partial charge in [-0.05, 0) is 43.8 Å². The van der Waals surface area contributed by atoms with Crippen LogP contribution in [0.2, 0.25) is 0 Å². The van der Waals surface area contributed by atoms with E-state index in [0.29, 0.717) is 16.6 Å². The number of nitro groups is 1. The monoisotopic (exact) mass is 444 g/mol. The van der Waals surface area contributed by atoms with Gasteiger partial charge in [0.05, 0.1) is 15.1 Å². The van der Waals surface area contributed by atoms with Crippen molar-refractivity contribution >= 4 is 55.0 Å². The third kappa shape index (κ3) is 5.10. The van der Waals surface area contributed by atoms with Gasteiger partial charge in [-0.1, -0.05) is 48.7 Å². The lowest BCUT2D eigenvalue weighted by atomic mass is 10.2. The summed E-state index contributed by atoms with van der Waals surface area (Å²) in [6.45, 7) is 9.29. The lowest BCUT2D eigenvalue weighted by Crippen LogP contribution is -2.38. The second-order valence-electron chi connectivity index (χ2n) is 6.70. The normalized spacial score (nSPS) is 11.6. The van der Waals surface area contributed by atoms with Crippen LogP contribution in [0.25, 0.3) is 16.3 Å². The van der Waals surface area contributed by atoms with Gasteiger partial charge in [-0.2, -0.15) is 0 Å². The van der Waals surface area contributed by atoms with Crippen molar-refractivity contribution < 1.29 is 9.72 Å². The maximum atomic E-state index is 13.1. The summed E-state index contributed by atoms with van der Waals surface area (Å²) in [5, 5.41) is 11.6. The molecule has 0 unspecified atom stereocenters. The maximum absolute atomic E-state index is 13.1. The van der Waals surface area contributed by atoms with Crippen LogP contribution in [0.3, 0.4) is 0 Å². The SMILES string of the molecule is CCN(CC)CCN(C(=O)/C=C/c1ccc([N+](=O)[O-])s1)c1nc2c(C)cccc2s1. The van der Waals surface area contributed by atoms with Crippen molar-refractivity contribution in [1.82, 2.24) is 9.88 Å². The lowest BCUT2D eigenvalue weighted by Gasteiger charge is -2.23. The Balaban J connectivity index is 1.87. The molecule has 9 heteroatoms. The maximum Gasteiger partial charge on any atom is 0.324 e. The van der Waals surface area contributed by atoms with Crippen LogP contribution in [0, 0.1) is 17.0 Å². The van der Waals surface area contributed by atoms with E-state index in [1.807, 2.05) is 25.1 Å². The van der Waals surface area contributed by atoms with Crippen LogP contribution in [0.15, 0.2) is 36.4 Å². The molecule has 0 atom stereocenters. The van der Waals surface area contributed by atoms with Crippen molar-refractivity contribution in [3.8, 4) is 0 Å². The Morgan fingerprint density at radius 3 is 2.57 bits per heavy atom. The van der Waals surface area contributed by atoms with E-state index in [0.717, 1.165) is 46.8 Å². The third-order valence-corrected chi connectivity index (χ3v) is 6.87. The number of hydrogen-bond acceptors (Lipinski definition) is 7. The number of benzene rings is 1. The Morgan fingerprint density at radius 2 is 1.93 bits per heavy atom. The van der Waals surface area contributed by atoms with E-state index in [4.69, 9.17) is 4.98 Å². The lowest BCUT2D eigenvalue weighted by molar-refractivity contribution is -0.380. The van der Waals surface area contributed by atoms with Gasteiger partial charge in [-0.25, -0.2) is 4.98 Å². The fourth-order valence-electron chi connectivity index (χ4n) is 3.04.